The molecule has 0 radical (unpaired) electrons. The molecule has 5 heteroatoms. The van der Waals surface area contributed by atoms with Crippen molar-refractivity contribution in [2.24, 2.45) is 11.8 Å². The predicted molar refractivity (Wildman–Crippen MR) is 134 cm³/mol. The summed E-state index contributed by atoms with van der Waals surface area (Å²) in [6.07, 6.45) is 1.13. The Morgan fingerprint density at radius 1 is 1.00 bits per heavy atom. The molecule has 0 saturated heterocycles. The molecule has 35 heavy (non-hydrogen) atoms. The van der Waals surface area contributed by atoms with Crippen LogP contribution in [0.5, 0.6) is 0 Å². The smallest absolute Gasteiger partial charge is 0.343 e. The SMILES string of the molecule is C[C@@H]1CC[C@@H](C(C)(C)c2ccccc2)[C@H](OC(=O)[C@@H](O)c2ccc(COCc3ccccc3)o2)C1. The first-order valence-electron chi connectivity index (χ1n) is 12.5. The summed E-state index contributed by atoms with van der Waals surface area (Å²) in [5.74, 6) is 0.692. The standard InChI is InChI=1S/C30H36O5/c1-21-14-16-25(30(2,3)23-12-8-5-9-13-23)27(18-21)35-29(32)28(31)26-17-15-24(34-26)20-33-19-22-10-6-4-7-11-22/h4-13,15,17,21,25,27-28,31H,14,16,18-20H2,1-3H3/t21-,25-,27-,28+/m1/s1. The molecule has 4 atom stereocenters. The van der Waals surface area contributed by atoms with E-state index >= 15 is 0 Å². The first kappa shape index (κ1) is 25.2. The number of furan rings is 1. The van der Waals surface area contributed by atoms with Crippen molar-refractivity contribution in [3.05, 3.63) is 95.4 Å². The van der Waals surface area contributed by atoms with E-state index in [2.05, 4.69) is 32.9 Å². The zero-order valence-corrected chi connectivity index (χ0v) is 20.9. The van der Waals surface area contributed by atoms with Gasteiger partial charge < -0.3 is 19.0 Å². The third kappa shape index (κ3) is 6.22. The lowest BCUT2D eigenvalue weighted by Gasteiger charge is -2.44. The second kappa shape index (κ2) is 11.2. The van der Waals surface area contributed by atoms with Crippen LogP contribution in [-0.4, -0.2) is 17.2 Å². The van der Waals surface area contributed by atoms with Crippen LogP contribution in [0.2, 0.25) is 0 Å². The van der Waals surface area contributed by atoms with Gasteiger partial charge in [0.2, 0.25) is 6.10 Å². The fourth-order valence-corrected chi connectivity index (χ4v) is 5.16. The highest BCUT2D eigenvalue weighted by molar-refractivity contribution is 5.75. The molecule has 1 aromatic heterocycles. The monoisotopic (exact) mass is 476 g/mol. The Morgan fingerprint density at radius 3 is 2.40 bits per heavy atom. The largest absolute Gasteiger partial charge is 0.460 e. The highest BCUT2D eigenvalue weighted by Crippen LogP contribution is 2.44. The molecule has 0 aliphatic heterocycles. The lowest BCUT2D eigenvalue weighted by molar-refractivity contribution is -0.168. The van der Waals surface area contributed by atoms with Crippen molar-refractivity contribution in [1.29, 1.82) is 0 Å². The van der Waals surface area contributed by atoms with Crippen LogP contribution in [0.3, 0.4) is 0 Å². The molecular formula is C30H36O5. The Bertz CT molecular complexity index is 1070. The quantitative estimate of drug-likeness (QED) is 0.364. The Balaban J connectivity index is 1.38. The first-order valence-corrected chi connectivity index (χ1v) is 12.5. The van der Waals surface area contributed by atoms with Gasteiger partial charge in [0.15, 0.2) is 0 Å². The molecule has 1 fully saturated rings. The fourth-order valence-electron chi connectivity index (χ4n) is 5.16. The number of esters is 1. The topological polar surface area (TPSA) is 68.9 Å². The van der Waals surface area contributed by atoms with E-state index in [0.29, 0.717) is 18.3 Å². The van der Waals surface area contributed by atoms with Crippen LogP contribution in [0.15, 0.2) is 77.2 Å². The van der Waals surface area contributed by atoms with E-state index in [0.717, 1.165) is 24.8 Å². The number of carbonyl (C=O) groups excluding carboxylic acids is 1. The molecule has 0 bridgehead atoms. The second-order valence-corrected chi connectivity index (χ2v) is 10.3. The fraction of sp³-hybridized carbons (Fsp3) is 0.433. The summed E-state index contributed by atoms with van der Waals surface area (Å²) in [5, 5.41) is 10.7. The van der Waals surface area contributed by atoms with E-state index in [9.17, 15) is 9.90 Å². The van der Waals surface area contributed by atoms with Crippen molar-refractivity contribution in [2.45, 2.75) is 70.9 Å². The molecule has 0 unspecified atom stereocenters. The van der Waals surface area contributed by atoms with Gasteiger partial charge in [-0.3, -0.25) is 0 Å². The van der Waals surface area contributed by atoms with E-state index in [-0.39, 0.29) is 29.8 Å². The van der Waals surface area contributed by atoms with Crippen molar-refractivity contribution in [3.8, 4) is 0 Å². The van der Waals surface area contributed by atoms with Gasteiger partial charge in [0.25, 0.3) is 0 Å². The van der Waals surface area contributed by atoms with Gasteiger partial charge in [-0.25, -0.2) is 4.79 Å². The minimum Gasteiger partial charge on any atom is -0.460 e. The maximum absolute atomic E-state index is 13.0. The highest BCUT2D eigenvalue weighted by atomic mass is 16.6. The summed E-state index contributed by atoms with van der Waals surface area (Å²) < 4.78 is 17.4. The van der Waals surface area contributed by atoms with Gasteiger partial charge in [-0.2, -0.15) is 0 Å². The first-order chi connectivity index (χ1) is 16.8. The Kier molecular flexibility index (Phi) is 8.09. The molecule has 0 amide bonds. The third-order valence-electron chi connectivity index (χ3n) is 7.30. The van der Waals surface area contributed by atoms with E-state index < -0.39 is 12.1 Å². The van der Waals surface area contributed by atoms with Gasteiger partial charge >= 0.3 is 5.97 Å². The minimum absolute atomic E-state index is 0.161. The van der Waals surface area contributed by atoms with Crippen molar-refractivity contribution < 1.29 is 23.8 Å². The lowest BCUT2D eigenvalue weighted by atomic mass is 9.64. The molecule has 1 aliphatic rings. The van der Waals surface area contributed by atoms with Crippen molar-refractivity contribution in [1.82, 2.24) is 0 Å². The van der Waals surface area contributed by atoms with Gasteiger partial charge in [0, 0.05) is 5.92 Å². The number of benzene rings is 2. The van der Waals surface area contributed by atoms with E-state index in [1.165, 1.54) is 5.56 Å². The van der Waals surface area contributed by atoms with Crippen LogP contribution < -0.4 is 0 Å². The molecule has 3 aromatic rings. The molecular weight excluding hydrogens is 440 g/mol. The zero-order valence-electron chi connectivity index (χ0n) is 20.9. The Labute approximate surface area is 208 Å². The molecule has 1 aliphatic carbocycles. The number of rotatable bonds is 9. The number of ether oxygens (including phenoxy) is 2. The maximum Gasteiger partial charge on any atom is 0.343 e. The Hall–Kier alpha value is -2.89. The molecule has 1 saturated carbocycles. The van der Waals surface area contributed by atoms with Crippen LogP contribution in [0.1, 0.15) is 68.8 Å². The van der Waals surface area contributed by atoms with Crippen LogP contribution in [0.4, 0.5) is 0 Å². The average molecular weight is 477 g/mol. The summed E-state index contributed by atoms with van der Waals surface area (Å²) in [5.41, 5.74) is 2.13. The van der Waals surface area contributed by atoms with Gasteiger partial charge in [-0.15, -0.1) is 0 Å². The predicted octanol–water partition coefficient (Wildman–Crippen LogP) is 6.36. The number of hydrogen-bond donors (Lipinski definition) is 1. The number of carbonyl (C=O) groups is 1. The van der Waals surface area contributed by atoms with Gasteiger partial charge in [0.1, 0.15) is 24.2 Å². The molecule has 5 nitrogen and oxygen atoms in total. The molecule has 1 N–H and O–H groups in total. The molecule has 4 rings (SSSR count). The summed E-state index contributed by atoms with van der Waals surface area (Å²) in [6.45, 7) is 7.34. The van der Waals surface area contributed by atoms with Crippen LogP contribution in [0, 0.1) is 11.8 Å². The summed E-state index contributed by atoms with van der Waals surface area (Å²) in [7, 11) is 0. The van der Waals surface area contributed by atoms with Gasteiger partial charge in [-0.05, 0) is 47.4 Å². The van der Waals surface area contributed by atoms with Crippen molar-refractivity contribution in [3.63, 3.8) is 0 Å². The van der Waals surface area contributed by atoms with Crippen LogP contribution in [0.25, 0.3) is 0 Å². The lowest BCUT2D eigenvalue weighted by Crippen LogP contribution is -2.44. The molecule has 186 valence electrons. The van der Waals surface area contributed by atoms with E-state index in [4.69, 9.17) is 13.9 Å². The summed E-state index contributed by atoms with van der Waals surface area (Å²) in [4.78, 5) is 13.0. The van der Waals surface area contributed by atoms with Crippen LogP contribution in [-0.2, 0) is 32.9 Å². The minimum atomic E-state index is -1.46. The summed E-state index contributed by atoms with van der Waals surface area (Å²) in [6, 6.07) is 23.6. The number of aliphatic hydroxyl groups excluding tert-OH is 1. The average Bonchev–Trinajstić information content (AvgIpc) is 3.33. The van der Waals surface area contributed by atoms with Gasteiger partial charge in [0.05, 0.1) is 6.61 Å². The molecule has 1 heterocycles. The van der Waals surface area contributed by atoms with Gasteiger partial charge in [-0.1, -0.05) is 87.9 Å². The zero-order chi connectivity index (χ0) is 24.8. The highest BCUT2D eigenvalue weighted by Gasteiger charge is 2.42. The maximum atomic E-state index is 13.0. The number of hydrogen-bond acceptors (Lipinski definition) is 5. The summed E-state index contributed by atoms with van der Waals surface area (Å²) >= 11 is 0. The van der Waals surface area contributed by atoms with Crippen LogP contribution >= 0.6 is 0 Å². The van der Waals surface area contributed by atoms with Crippen molar-refractivity contribution in [2.75, 3.05) is 0 Å². The Morgan fingerprint density at radius 2 is 1.69 bits per heavy atom. The third-order valence-corrected chi connectivity index (χ3v) is 7.30. The normalized spacial score (nSPS) is 21.4. The van der Waals surface area contributed by atoms with E-state index in [1.54, 1.807) is 12.1 Å². The second-order valence-electron chi connectivity index (χ2n) is 10.3. The number of aliphatic hydroxyl groups is 1. The molecule has 0 spiro atoms. The molecule has 2 aromatic carbocycles. The van der Waals surface area contributed by atoms with E-state index in [1.807, 2.05) is 48.5 Å². The van der Waals surface area contributed by atoms with Crippen molar-refractivity contribution >= 4 is 5.97 Å².